The minimum atomic E-state index is 0.699. The van der Waals surface area contributed by atoms with E-state index in [2.05, 4.69) is 72.0 Å². The van der Waals surface area contributed by atoms with Gasteiger partial charge in [0.2, 0.25) is 0 Å². The molecule has 0 unspecified atom stereocenters. The van der Waals surface area contributed by atoms with E-state index >= 15 is 0 Å². The molecule has 0 spiro atoms. The van der Waals surface area contributed by atoms with Gasteiger partial charge >= 0.3 is 0 Å². The molecular weight excluding hydrogens is 408 g/mol. The fourth-order valence-corrected chi connectivity index (χ4v) is 3.75. The second-order valence-electron chi connectivity index (χ2n) is 8.35. The fraction of sp³-hybridized carbons (Fsp3) is 0.333. The third-order valence-corrected chi connectivity index (χ3v) is 5.73. The van der Waals surface area contributed by atoms with Crippen LogP contribution in [0.25, 0.3) is 28.9 Å². The maximum atomic E-state index is 4.92. The Balaban J connectivity index is 1.60. The Morgan fingerprint density at radius 3 is 2.36 bits per heavy atom. The number of nitrogens with zero attached hydrogens (tertiary/aromatic N) is 5. The van der Waals surface area contributed by atoms with Crippen LogP contribution >= 0.6 is 0 Å². The topological polar surface area (TPSA) is 72.3 Å². The second kappa shape index (κ2) is 10.9. The number of aromatic amines is 1. The molecule has 0 atom stereocenters. The number of aryl methyl sites for hydroxylation is 2. The summed E-state index contributed by atoms with van der Waals surface area (Å²) >= 11 is 0. The van der Waals surface area contributed by atoms with E-state index in [1.54, 1.807) is 0 Å². The highest BCUT2D eigenvalue weighted by Crippen LogP contribution is 2.24. The zero-order valence-electron chi connectivity index (χ0n) is 19.6. The maximum Gasteiger partial charge on any atom is 0.181 e. The first kappa shape index (κ1) is 22.6. The van der Waals surface area contributed by atoms with Gasteiger partial charge in [-0.3, -0.25) is 5.10 Å². The molecule has 0 amide bonds. The van der Waals surface area contributed by atoms with Crippen LogP contribution in [0.1, 0.15) is 62.3 Å². The van der Waals surface area contributed by atoms with E-state index in [4.69, 9.17) is 10.1 Å². The summed E-state index contributed by atoms with van der Waals surface area (Å²) < 4.78 is 2.04. The molecule has 4 rings (SSSR count). The Morgan fingerprint density at radius 1 is 0.909 bits per heavy atom. The minimum Gasteiger partial charge on any atom is -0.263 e. The lowest BCUT2D eigenvalue weighted by Gasteiger charge is -2.06. The van der Waals surface area contributed by atoms with Crippen LogP contribution in [0.2, 0.25) is 0 Å². The maximum absolute atomic E-state index is 4.92. The largest absolute Gasteiger partial charge is 0.263 e. The predicted molar refractivity (Wildman–Crippen MR) is 134 cm³/mol. The molecule has 6 nitrogen and oxygen atoms in total. The number of H-pyrrole nitrogens is 1. The molecule has 4 aromatic rings. The lowest BCUT2D eigenvalue weighted by Crippen LogP contribution is -2.07. The van der Waals surface area contributed by atoms with Gasteiger partial charge in [-0.1, -0.05) is 81.8 Å². The Hall–Kier alpha value is -3.54. The van der Waals surface area contributed by atoms with E-state index < -0.39 is 0 Å². The third-order valence-electron chi connectivity index (χ3n) is 5.73. The van der Waals surface area contributed by atoms with Crippen LogP contribution in [0, 0.1) is 0 Å². The van der Waals surface area contributed by atoms with Crippen LogP contribution < -0.4 is 0 Å². The molecule has 0 fully saturated rings. The number of unbranched alkanes of at least 4 members (excludes halogenated alkanes) is 2. The average molecular weight is 441 g/mol. The molecule has 0 aliphatic carbocycles. The van der Waals surface area contributed by atoms with Crippen molar-refractivity contribution in [2.45, 2.75) is 58.9 Å². The molecule has 0 bridgehead atoms. The summed E-state index contributed by atoms with van der Waals surface area (Å²) in [6.45, 7) is 8.91. The summed E-state index contributed by atoms with van der Waals surface area (Å²) in [5.74, 6) is 3.41. The molecule has 0 aliphatic rings. The molecule has 0 aliphatic heterocycles. The number of rotatable bonds is 11. The fourth-order valence-electron chi connectivity index (χ4n) is 3.75. The normalized spacial score (nSPS) is 11.1. The lowest BCUT2D eigenvalue weighted by atomic mass is 10.1. The average Bonchev–Trinajstić information content (AvgIpc) is 3.49. The van der Waals surface area contributed by atoms with Crippen molar-refractivity contribution in [3.05, 3.63) is 77.9 Å². The Kier molecular flexibility index (Phi) is 7.45. The monoisotopic (exact) mass is 440 g/mol. The van der Waals surface area contributed by atoms with E-state index in [9.17, 15) is 0 Å². The van der Waals surface area contributed by atoms with Gasteiger partial charge < -0.3 is 0 Å². The molecule has 2 heterocycles. The summed E-state index contributed by atoms with van der Waals surface area (Å²) in [6.07, 6.45) is 8.14. The second-order valence-corrected chi connectivity index (χ2v) is 8.35. The Labute approximate surface area is 195 Å². The minimum absolute atomic E-state index is 0.699. The molecule has 170 valence electrons. The lowest BCUT2D eigenvalue weighted by molar-refractivity contribution is 0.618. The first-order valence-electron chi connectivity index (χ1n) is 11.9. The van der Waals surface area contributed by atoms with Crippen molar-refractivity contribution >= 4 is 6.08 Å². The van der Waals surface area contributed by atoms with E-state index in [1.165, 1.54) is 5.56 Å². The van der Waals surface area contributed by atoms with E-state index in [0.717, 1.165) is 78.5 Å². The van der Waals surface area contributed by atoms with Gasteiger partial charge in [0.1, 0.15) is 11.6 Å². The van der Waals surface area contributed by atoms with E-state index in [-0.39, 0.29) is 0 Å². The molecule has 2 aromatic carbocycles. The van der Waals surface area contributed by atoms with Gasteiger partial charge in [0.05, 0.1) is 6.54 Å². The zero-order chi connectivity index (χ0) is 23.0. The van der Waals surface area contributed by atoms with Gasteiger partial charge in [0, 0.05) is 24.0 Å². The molecule has 0 saturated heterocycles. The number of hydrogen-bond acceptors (Lipinski definition) is 4. The van der Waals surface area contributed by atoms with Crippen molar-refractivity contribution in [2.24, 2.45) is 0 Å². The van der Waals surface area contributed by atoms with Crippen molar-refractivity contribution in [1.82, 2.24) is 29.9 Å². The van der Waals surface area contributed by atoms with Gasteiger partial charge in [-0.05, 0) is 30.0 Å². The van der Waals surface area contributed by atoms with Crippen molar-refractivity contribution in [3.63, 3.8) is 0 Å². The summed E-state index contributed by atoms with van der Waals surface area (Å²) in [7, 11) is 0. The Bertz CT molecular complexity index is 1190. The van der Waals surface area contributed by atoms with Crippen molar-refractivity contribution < 1.29 is 0 Å². The van der Waals surface area contributed by atoms with E-state index in [0.29, 0.717) is 6.54 Å². The molecule has 2 aromatic heterocycles. The van der Waals surface area contributed by atoms with Gasteiger partial charge in [-0.25, -0.2) is 14.6 Å². The molecule has 6 heteroatoms. The first-order chi connectivity index (χ1) is 16.2. The number of benzene rings is 2. The number of hydrogen-bond donors (Lipinski definition) is 1. The van der Waals surface area contributed by atoms with Crippen LogP contribution in [0.4, 0.5) is 0 Å². The summed E-state index contributed by atoms with van der Waals surface area (Å²) in [6, 6.07) is 16.6. The number of aromatic nitrogens is 6. The first-order valence-corrected chi connectivity index (χ1v) is 11.9. The van der Waals surface area contributed by atoms with Crippen LogP contribution in [0.3, 0.4) is 0 Å². The SMILES string of the molecule is C=Cc1ccc(Cn2nc(-c3cccc(-c4n[nH]c(CCCC)n4)c3)nc2CCCC)cc1. The zero-order valence-corrected chi connectivity index (χ0v) is 19.6. The van der Waals surface area contributed by atoms with Crippen LogP contribution in [0.5, 0.6) is 0 Å². The van der Waals surface area contributed by atoms with E-state index in [1.807, 2.05) is 22.9 Å². The van der Waals surface area contributed by atoms with Crippen LogP contribution in [-0.4, -0.2) is 29.9 Å². The highest BCUT2D eigenvalue weighted by molar-refractivity contribution is 5.65. The van der Waals surface area contributed by atoms with Crippen molar-refractivity contribution in [2.75, 3.05) is 0 Å². The predicted octanol–water partition coefficient (Wildman–Crippen LogP) is 6.11. The molecule has 33 heavy (non-hydrogen) atoms. The van der Waals surface area contributed by atoms with Gasteiger partial charge in [0.15, 0.2) is 11.6 Å². The third kappa shape index (κ3) is 5.64. The highest BCUT2D eigenvalue weighted by Gasteiger charge is 2.14. The van der Waals surface area contributed by atoms with Crippen LogP contribution in [0.15, 0.2) is 55.1 Å². The van der Waals surface area contributed by atoms with Crippen molar-refractivity contribution in [1.29, 1.82) is 0 Å². The van der Waals surface area contributed by atoms with Crippen molar-refractivity contribution in [3.8, 4) is 22.8 Å². The molecular formula is C27H32N6. The Morgan fingerprint density at radius 2 is 1.64 bits per heavy atom. The summed E-state index contributed by atoms with van der Waals surface area (Å²) in [5.41, 5.74) is 4.26. The summed E-state index contributed by atoms with van der Waals surface area (Å²) in [4.78, 5) is 9.58. The van der Waals surface area contributed by atoms with Crippen LogP contribution in [-0.2, 0) is 19.4 Å². The highest BCUT2D eigenvalue weighted by atomic mass is 15.3. The molecule has 1 N–H and O–H groups in total. The summed E-state index contributed by atoms with van der Waals surface area (Å²) in [5, 5.41) is 12.4. The smallest absolute Gasteiger partial charge is 0.181 e. The molecule has 0 saturated carbocycles. The number of nitrogens with one attached hydrogen (secondary N) is 1. The van der Waals surface area contributed by atoms with Gasteiger partial charge in [0.25, 0.3) is 0 Å². The standard InChI is InChI=1S/C27H32N6/c1-4-7-12-24-28-26(31-30-24)22-10-9-11-23(18-22)27-29-25(13-8-5-2)33(32-27)19-21-16-14-20(6-3)15-17-21/h6,9-11,14-18H,3-5,7-8,12-13,19H2,1-2H3,(H,28,30,31). The quantitative estimate of drug-likeness (QED) is 0.305. The molecule has 0 radical (unpaired) electrons. The van der Waals surface area contributed by atoms with Gasteiger partial charge in [-0.2, -0.15) is 10.2 Å². The van der Waals surface area contributed by atoms with Gasteiger partial charge in [-0.15, -0.1) is 0 Å².